The van der Waals surface area contributed by atoms with Crippen molar-refractivity contribution < 1.29 is 15.2 Å². The fraction of sp³-hybridized carbons (Fsp3) is 1.00. The van der Waals surface area contributed by atoms with Gasteiger partial charge in [-0.15, -0.1) is 5.01 Å². The average Bonchev–Trinajstić information content (AvgIpc) is 2.29. The number of hydrazine groups is 1. The van der Waals surface area contributed by atoms with E-state index < -0.39 is 6.10 Å². The van der Waals surface area contributed by atoms with Crippen LogP contribution in [0.4, 0.5) is 0 Å². The first kappa shape index (κ1) is 12.0. The summed E-state index contributed by atoms with van der Waals surface area (Å²) >= 11 is 0. The fourth-order valence-corrected chi connectivity index (χ4v) is 1.50. The summed E-state index contributed by atoms with van der Waals surface area (Å²) in [4.78, 5) is 1.95. The molecule has 1 heterocycles. The minimum absolute atomic E-state index is 0.0415. The van der Waals surface area contributed by atoms with E-state index in [4.69, 9.17) is 5.11 Å². The Morgan fingerprint density at radius 3 is 2.40 bits per heavy atom. The minimum atomic E-state index is -0.760. The summed E-state index contributed by atoms with van der Waals surface area (Å²) in [6.07, 6.45) is -0.760. The molecule has 1 aliphatic rings. The van der Waals surface area contributed by atoms with Crippen molar-refractivity contribution in [2.24, 2.45) is 5.28 Å². The fourth-order valence-electron chi connectivity index (χ4n) is 1.50. The van der Waals surface area contributed by atoms with E-state index in [1.807, 2.05) is 4.90 Å². The lowest BCUT2D eigenvalue weighted by Crippen LogP contribution is -2.50. The van der Waals surface area contributed by atoms with Crippen molar-refractivity contribution in [1.29, 1.82) is 0 Å². The summed E-state index contributed by atoms with van der Waals surface area (Å²) in [5.41, 5.74) is 0. The third kappa shape index (κ3) is 3.50. The smallest absolute Gasteiger partial charge is 0.0897 e. The number of aliphatic hydroxyl groups is 2. The maximum atomic E-state index is 10.8. The number of β-amino-alcohol motifs (C(OH)–C–C–N with tert-alkyl or cyclic N) is 1. The van der Waals surface area contributed by atoms with Crippen LogP contribution in [0.15, 0.2) is 5.28 Å². The van der Waals surface area contributed by atoms with Gasteiger partial charge in [-0.05, 0) is 5.28 Å². The predicted molar refractivity (Wildman–Crippen MR) is 50.5 cm³/mol. The standard InChI is InChI=1S/C7H16N4O4/c12-6-7(13)5-9-1-3-10(4-2-9)11(15)8-14/h7,12-14H,1-6H2/p-1/b11-8+. The van der Waals surface area contributed by atoms with E-state index in [0.717, 1.165) is 0 Å². The first-order valence-electron chi connectivity index (χ1n) is 4.74. The molecule has 88 valence electrons. The molecule has 8 nitrogen and oxygen atoms in total. The Labute approximate surface area is 87.2 Å². The lowest BCUT2D eigenvalue weighted by atomic mass is 10.3. The molecule has 8 heteroatoms. The number of hydrogen-bond donors (Lipinski definition) is 2. The highest BCUT2D eigenvalue weighted by atomic mass is 16.6. The van der Waals surface area contributed by atoms with Gasteiger partial charge < -0.3 is 20.6 Å². The van der Waals surface area contributed by atoms with E-state index in [-0.39, 0.29) is 11.6 Å². The van der Waals surface area contributed by atoms with Crippen LogP contribution < -0.4 is 0 Å². The zero-order chi connectivity index (χ0) is 11.3. The van der Waals surface area contributed by atoms with Crippen molar-refractivity contribution in [1.82, 2.24) is 9.91 Å². The average molecular weight is 219 g/mol. The van der Waals surface area contributed by atoms with Crippen LogP contribution >= 0.6 is 0 Å². The van der Waals surface area contributed by atoms with E-state index in [9.17, 15) is 15.5 Å². The van der Waals surface area contributed by atoms with Gasteiger partial charge in [0.25, 0.3) is 0 Å². The SMILES string of the molecule is [O-]/N=[N+](/[O-])N1CCN(CC(O)CO)CC1. The Morgan fingerprint density at radius 1 is 1.33 bits per heavy atom. The molecule has 0 saturated carbocycles. The molecule has 1 saturated heterocycles. The van der Waals surface area contributed by atoms with Gasteiger partial charge in [0.2, 0.25) is 0 Å². The summed E-state index contributed by atoms with van der Waals surface area (Å²) in [6.45, 7) is 2.01. The second-order valence-corrected chi connectivity index (χ2v) is 3.43. The highest BCUT2D eigenvalue weighted by Crippen LogP contribution is 2.03. The molecule has 0 bridgehead atoms. The molecule has 0 radical (unpaired) electrons. The summed E-state index contributed by atoms with van der Waals surface area (Å²) in [6, 6.07) is 0. The van der Waals surface area contributed by atoms with Gasteiger partial charge >= 0.3 is 0 Å². The van der Waals surface area contributed by atoms with E-state index in [1.165, 1.54) is 5.01 Å². The van der Waals surface area contributed by atoms with Gasteiger partial charge in [0.15, 0.2) is 0 Å². The maximum absolute atomic E-state index is 10.8. The Balaban J connectivity index is 2.30. The number of hydrogen-bond acceptors (Lipinski definition) is 6. The summed E-state index contributed by atoms with van der Waals surface area (Å²) < 4.78 is 0. The molecule has 1 fully saturated rings. The molecule has 1 aliphatic heterocycles. The molecule has 15 heavy (non-hydrogen) atoms. The van der Waals surface area contributed by atoms with Crippen LogP contribution in [0.5, 0.6) is 0 Å². The largest absolute Gasteiger partial charge is 0.737 e. The van der Waals surface area contributed by atoms with Gasteiger partial charge in [0, 0.05) is 24.6 Å². The molecule has 0 aromatic rings. The Kier molecular flexibility index (Phi) is 4.53. The highest BCUT2D eigenvalue weighted by Gasteiger charge is 2.22. The van der Waals surface area contributed by atoms with Gasteiger partial charge in [-0.3, -0.25) is 4.90 Å². The van der Waals surface area contributed by atoms with Crippen LogP contribution in [0.25, 0.3) is 0 Å². The van der Waals surface area contributed by atoms with Crippen molar-refractivity contribution >= 4 is 0 Å². The quantitative estimate of drug-likeness (QED) is 0.332. The van der Waals surface area contributed by atoms with E-state index in [2.05, 4.69) is 5.28 Å². The van der Waals surface area contributed by atoms with Crippen LogP contribution in [0.2, 0.25) is 0 Å². The lowest BCUT2D eigenvalue weighted by Gasteiger charge is -2.32. The van der Waals surface area contributed by atoms with E-state index in [0.29, 0.717) is 32.7 Å². The molecule has 1 atom stereocenters. The number of rotatable bonds is 4. The summed E-state index contributed by atoms with van der Waals surface area (Å²) in [7, 11) is 0. The predicted octanol–water partition coefficient (Wildman–Crippen LogP) is -1.67. The molecule has 0 amide bonds. The normalized spacial score (nSPS) is 21.7. The van der Waals surface area contributed by atoms with Gasteiger partial charge in [-0.1, -0.05) is 0 Å². The topological polar surface area (TPSA) is 108 Å². The second-order valence-electron chi connectivity index (χ2n) is 3.43. The van der Waals surface area contributed by atoms with Gasteiger partial charge in [0.1, 0.15) is 0 Å². The van der Waals surface area contributed by atoms with Crippen LogP contribution in [-0.4, -0.2) is 70.5 Å². The van der Waals surface area contributed by atoms with Crippen molar-refractivity contribution in [3.63, 3.8) is 0 Å². The minimum Gasteiger partial charge on any atom is -0.737 e. The molecule has 1 unspecified atom stereocenters. The van der Waals surface area contributed by atoms with Crippen molar-refractivity contribution in [2.75, 3.05) is 39.3 Å². The third-order valence-electron chi connectivity index (χ3n) is 2.34. The summed E-state index contributed by atoms with van der Waals surface area (Å²) in [5.74, 6) is 0. The van der Waals surface area contributed by atoms with Crippen LogP contribution in [-0.2, 0) is 0 Å². The van der Waals surface area contributed by atoms with Crippen molar-refractivity contribution in [3.05, 3.63) is 10.4 Å². The van der Waals surface area contributed by atoms with Gasteiger partial charge in [-0.25, -0.2) is 0 Å². The van der Waals surface area contributed by atoms with E-state index in [1.54, 1.807) is 0 Å². The Morgan fingerprint density at radius 2 is 1.93 bits per heavy atom. The first-order valence-corrected chi connectivity index (χ1v) is 4.74. The monoisotopic (exact) mass is 219 g/mol. The number of aliphatic hydroxyl groups excluding tert-OH is 2. The van der Waals surface area contributed by atoms with Crippen LogP contribution in [0, 0.1) is 10.4 Å². The molecule has 0 aliphatic carbocycles. The number of piperazine rings is 1. The zero-order valence-corrected chi connectivity index (χ0v) is 8.32. The highest BCUT2D eigenvalue weighted by molar-refractivity contribution is 4.70. The molecular formula is C7H15N4O4-. The molecule has 0 aromatic heterocycles. The molecule has 2 N–H and O–H groups in total. The third-order valence-corrected chi connectivity index (χ3v) is 2.34. The Hall–Kier alpha value is -1.12. The zero-order valence-electron chi connectivity index (χ0n) is 8.32. The maximum Gasteiger partial charge on any atom is 0.0897 e. The number of nitrogens with zero attached hydrogens (tertiary/aromatic N) is 4. The van der Waals surface area contributed by atoms with Crippen LogP contribution in [0.1, 0.15) is 0 Å². The van der Waals surface area contributed by atoms with E-state index >= 15 is 0 Å². The van der Waals surface area contributed by atoms with Gasteiger partial charge in [0.05, 0.1) is 25.8 Å². The second kappa shape index (κ2) is 5.69. The van der Waals surface area contributed by atoms with Crippen LogP contribution in [0.3, 0.4) is 0 Å². The first-order chi connectivity index (χ1) is 7.17. The lowest BCUT2D eigenvalue weighted by molar-refractivity contribution is -0.692. The molecule has 0 spiro atoms. The summed E-state index contributed by atoms with van der Waals surface area (Å²) in [5, 5.41) is 42.1. The van der Waals surface area contributed by atoms with Crippen molar-refractivity contribution in [2.45, 2.75) is 6.10 Å². The van der Waals surface area contributed by atoms with Crippen molar-refractivity contribution in [3.8, 4) is 0 Å². The molecule has 0 aromatic carbocycles. The Bertz CT molecular complexity index is 217. The van der Waals surface area contributed by atoms with Gasteiger partial charge in [-0.2, -0.15) is 0 Å². The molecular weight excluding hydrogens is 204 g/mol. The molecule has 1 rings (SSSR count).